The molecule has 0 radical (unpaired) electrons. The van der Waals surface area contributed by atoms with Crippen LogP contribution in [0.2, 0.25) is 0 Å². The largest absolute Gasteiger partial charge is 0.369 e. The van der Waals surface area contributed by atoms with E-state index in [4.69, 9.17) is 21.3 Å². The molecule has 0 spiro atoms. The molecule has 0 saturated carbocycles. The first-order valence-corrected chi connectivity index (χ1v) is 9.09. The third-order valence-electron chi connectivity index (χ3n) is 3.59. The van der Waals surface area contributed by atoms with Crippen molar-refractivity contribution in [3.63, 3.8) is 0 Å². The first kappa shape index (κ1) is 18.4. The number of nitrogen functional groups attached to an aromatic ring is 2. The number of hydrogen-bond acceptors (Lipinski definition) is 6. The predicted molar refractivity (Wildman–Crippen MR) is 87.0 cm³/mol. The number of nitrogens with two attached hydrogens (primary N) is 2. The molecule has 2 rings (SSSR count). The van der Waals surface area contributed by atoms with Crippen LogP contribution in [-0.4, -0.2) is 35.2 Å². The molecule has 2 heterocycles. The zero-order chi connectivity index (χ0) is 17.9. The molecule has 2 aromatic rings. The van der Waals surface area contributed by atoms with E-state index in [-0.39, 0.29) is 23.8 Å². The molecule has 1 atom stereocenters. The van der Waals surface area contributed by atoms with Crippen molar-refractivity contribution < 1.29 is 18.7 Å². The Morgan fingerprint density at radius 1 is 1.21 bits per heavy atom. The quantitative estimate of drug-likeness (QED) is 0.337. The third kappa shape index (κ3) is 4.31. The van der Waals surface area contributed by atoms with Crippen molar-refractivity contribution in [3.05, 3.63) is 10.4 Å². The summed E-state index contributed by atoms with van der Waals surface area (Å²) < 4.78 is 25.4. The van der Waals surface area contributed by atoms with Crippen LogP contribution in [0, 0.1) is 0 Å². The number of unbranched alkanes of at least 4 members (excludes halogenated alkanes) is 3. The second-order valence-electron chi connectivity index (χ2n) is 5.47. The van der Waals surface area contributed by atoms with Gasteiger partial charge in [0.15, 0.2) is 11.2 Å². The highest BCUT2D eigenvalue weighted by molar-refractivity contribution is 7.52. The van der Waals surface area contributed by atoms with Crippen LogP contribution >= 0.6 is 7.60 Å². The fraction of sp³-hybridized carbons (Fsp3) is 0.583. The van der Waals surface area contributed by atoms with E-state index in [2.05, 4.69) is 15.0 Å². The topological polar surface area (TPSA) is 173 Å². The zero-order valence-electron chi connectivity index (χ0n) is 12.9. The van der Waals surface area contributed by atoms with Gasteiger partial charge < -0.3 is 21.3 Å². The summed E-state index contributed by atoms with van der Waals surface area (Å²) >= 11 is 0. The molecule has 0 aliphatic heterocycles. The molecular weight excluding hydrogens is 342 g/mol. The van der Waals surface area contributed by atoms with Crippen molar-refractivity contribution in [2.45, 2.75) is 44.6 Å². The van der Waals surface area contributed by atoms with Crippen LogP contribution < -0.4 is 17.0 Å². The monoisotopic (exact) mass is 362 g/mol. The summed E-state index contributed by atoms with van der Waals surface area (Å²) in [5.41, 5.74) is 11.3. The maximum absolute atomic E-state index is 13.1. The number of imidazole rings is 1. The third-order valence-corrected chi connectivity index (χ3v) is 4.58. The minimum atomic E-state index is -4.64. The van der Waals surface area contributed by atoms with Gasteiger partial charge in [-0.25, -0.2) is 9.37 Å². The standard InChI is InChI=1S/C12H20FN6O4P/c13-7(24(21,22)23)5-3-1-2-4-6-19-9-8(16-12(19)15)10(20)18-11(14)17-9/h7H,1-6H2,(H2,15,16)(H2,21,22,23)(H3,14,17,18,20). The highest BCUT2D eigenvalue weighted by Crippen LogP contribution is 2.44. The Morgan fingerprint density at radius 3 is 2.54 bits per heavy atom. The molecule has 1 unspecified atom stereocenters. The molecule has 0 amide bonds. The van der Waals surface area contributed by atoms with Gasteiger partial charge in [-0.3, -0.25) is 18.9 Å². The van der Waals surface area contributed by atoms with Crippen molar-refractivity contribution in [1.29, 1.82) is 0 Å². The van der Waals surface area contributed by atoms with Crippen LogP contribution in [0.25, 0.3) is 11.2 Å². The van der Waals surface area contributed by atoms with E-state index in [0.717, 1.165) is 0 Å². The van der Waals surface area contributed by atoms with Gasteiger partial charge >= 0.3 is 7.60 Å². The summed E-state index contributed by atoms with van der Waals surface area (Å²) in [5, 5.41) is 0. The molecule has 7 N–H and O–H groups in total. The van der Waals surface area contributed by atoms with Gasteiger partial charge in [0.25, 0.3) is 5.56 Å². The minimum Gasteiger partial charge on any atom is -0.369 e. The molecule has 0 aliphatic rings. The van der Waals surface area contributed by atoms with Gasteiger partial charge in [0.05, 0.1) is 0 Å². The van der Waals surface area contributed by atoms with Gasteiger partial charge in [-0.1, -0.05) is 12.8 Å². The number of rotatable bonds is 8. The molecule has 0 saturated heterocycles. The maximum Gasteiger partial charge on any atom is 0.359 e. The molecule has 24 heavy (non-hydrogen) atoms. The molecule has 10 nitrogen and oxygen atoms in total. The summed E-state index contributed by atoms with van der Waals surface area (Å²) in [6, 6.07) is 0. The Labute approximate surface area is 136 Å². The number of fused-ring (bicyclic) bond motifs is 1. The van der Waals surface area contributed by atoms with E-state index in [1.54, 1.807) is 4.57 Å². The Hall–Kier alpha value is -1.97. The van der Waals surface area contributed by atoms with Gasteiger partial charge in [0, 0.05) is 6.54 Å². The lowest BCUT2D eigenvalue weighted by Gasteiger charge is -2.09. The van der Waals surface area contributed by atoms with Crippen LogP contribution in [0.4, 0.5) is 16.3 Å². The number of aromatic amines is 1. The first-order chi connectivity index (χ1) is 11.2. The van der Waals surface area contributed by atoms with Gasteiger partial charge in [0.2, 0.25) is 17.8 Å². The normalized spacial score (nSPS) is 13.5. The minimum absolute atomic E-state index is 0.0277. The van der Waals surface area contributed by atoms with E-state index in [1.807, 2.05) is 0 Å². The Kier molecular flexibility index (Phi) is 5.58. The van der Waals surface area contributed by atoms with Crippen LogP contribution in [0.1, 0.15) is 32.1 Å². The van der Waals surface area contributed by atoms with E-state index < -0.39 is 19.1 Å². The number of nitrogens with zero attached hydrogens (tertiary/aromatic N) is 3. The van der Waals surface area contributed by atoms with Crippen LogP contribution in [-0.2, 0) is 11.1 Å². The fourth-order valence-electron chi connectivity index (χ4n) is 2.37. The molecule has 2 aromatic heterocycles. The van der Waals surface area contributed by atoms with E-state index in [1.165, 1.54) is 0 Å². The lowest BCUT2D eigenvalue weighted by molar-refractivity contribution is 0.287. The second-order valence-corrected chi connectivity index (χ2v) is 7.21. The average Bonchev–Trinajstić information content (AvgIpc) is 2.78. The number of aryl methyl sites for hydroxylation is 1. The number of nitrogens with one attached hydrogen (secondary N) is 1. The van der Waals surface area contributed by atoms with Crippen molar-refractivity contribution in [2.24, 2.45) is 0 Å². The van der Waals surface area contributed by atoms with Crippen LogP contribution in [0.5, 0.6) is 0 Å². The SMILES string of the molecule is Nc1nc2c(nc(N)n2CCCCCCC(F)P(=O)(O)O)c(=O)[nH]1. The van der Waals surface area contributed by atoms with Crippen molar-refractivity contribution in [1.82, 2.24) is 19.5 Å². The summed E-state index contributed by atoms with van der Waals surface area (Å²) in [7, 11) is -4.64. The molecule has 0 bridgehead atoms. The van der Waals surface area contributed by atoms with Crippen LogP contribution in [0.15, 0.2) is 4.79 Å². The Bertz CT molecular complexity index is 816. The molecule has 0 aromatic carbocycles. The van der Waals surface area contributed by atoms with E-state index in [9.17, 15) is 13.8 Å². The fourth-order valence-corrected chi connectivity index (χ4v) is 2.89. The number of halogens is 1. The lowest BCUT2D eigenvalue weighted by Crippen LogP contribution is -2.12. The van der Waals surface area contributed by atoms with Gasteiger partial charge in [0.1, 0.15) is 0 Å². The number of hydrogen-bond donors (Lipinski definition) is 5. The van der Waals surface area contributed by atoms with E-state index >= 15 is 0 Å². The summed E-state index contributed by atoms with van der Waals surface area (Å²) in [6.45, 7) is 0.454. The molecule has 12 heteroatoms. The summed E-state index contributed by atoms with van der Waals surface area (Å²) in [6.07, 6.45) is 2.18. The average molecular weight is 362 g/mol. The lowest BCUT2D eigenvalue weighted by atomic mass is 10.1. The van der Waals surface area contributed by atoms with Crippen LogP contribution in [0.3, 0.4) is 0 Å². The predicted octanol–water partition coefficient (Wildman–Crippen LogP) is 0.708. The van der Waals surface area contributed by atoms with Crippen molar-refractivity contribution in [2.75, 3.05) is 11.5 Å². The molecular formula is C12H20FN6O4P. The number of H-pyrrole nitrogens is 1. The van der Waals surface area contributed by atoms with Crippen molar-refractivity contribution in [3.8, 4) is 0 Å². The highest BCUT2D eigenvalue weighted by atomic mass is 31.2. The number of alkyl halides is 1. The smallest absolute Gasteiger partial charge is 0.359 e. The molecule has 0 aliphatic carbocycles. The highest BCUT2D eigenvalue weighted by Gasteiger charge is 2.27. The Morgan fingerprint density at radius 2 is 1.88 bits per heavy atom. The first-order valence-electron chi connectivity index (χ1n) is 7.41. The molecule has 134 valence electrons. The van der Waals surface area contributed by atoms with E-state index in [0.29, 0.717) is 37.9 Å². The van der Waals surface area contributed by atoms with Gasteiger partial charge in [-0.2, -0.15) is 4.98 Å². The number of anilines is 2. The number of aromatic nitrogens is 4. The maximum atomic E-state index is 13.1. The van der Waals surface area contributed by atoms with Gasteiger partial charge in [-0.15, -0.1) is 0 Å². The summed E-state index contributed by atoms with van der Waals surface area (Å²) in [5.74, 6) is -1.98. The van der Waals surface area contributed by atoms with Gasteiger partial charge in [-0.05, 0) is 19.3 Å². The summed E-state index contributed by atoms with van der Waals surface area (Å²) in [4.78, 5) is 39.4. The van der Waals surface area contributed by atoms with Crippen molar-refractivity contribution >= 4 is 30.7 Å². The zero-order valence-corrected chi connectivity index (χ0v) is 13.7. The molecule has 0 fully saturated rings. The second kappa shape index (κ2) is 7.29. The Balaban J connectivity index is 1.87.